The molecule has 15 heavy (non-hydrogen) atoms. The molecule has 0 heterocycles. The minimum absolute atomic E-state index is 0.387. The van der Waals surface area contributed by atoms with Gasteiger partial charge in [-0.1, -0.05) is 13.3 Å². The van der Waals surface area contributed by atoms with Crippen molar-refractivity contribution in [1.82, 2.24) is 4.90 Å². The zero-order valence-electron chi connectivity index (χ0n) is 10.3. The highest BCUT2D eigenvalue weighted by Crippen LogP contribution is 2.37. The number of rotatable bonds is 6. The summed E-state index contributed by atoms with van der Waals surface area (Å²) in [6.45, 7) is 6.03. The number of carboxylic acids is 1. The van der Waals surface area contributed by atoms with Crippen LogP contribution in [0.3, 0.4) is 0 Å². The zero-order chi connectivity index (χ0) is 11.6. The number of aliphatic carboxylic acids is 1. The van der Waals surface area contributed by atoms with Gasteiger partial charge in [-0.05, 0) is 46.1 Å². The first-order valence-electron chi connectivity index (χ1n) is 5.89. The van der Waals surface area contributed by atoms with Crippen molar-refractivity contribution < 1.29 is 9.90 Å². The fourth-order valence-electron chi connectivity index (χ4n) is 2.27. The highest BCUT2D eigenvalue weighted by molar-refractivity contribution is 5.78. The van der Waals surface area contributed by atoms with Crippen LogP contribution in [0, 0.1) is 5.92 Å². The molecule has 0 aliphatic heterocycles. The highest BCUT2D eigenvalue weighted by Gasteiger charge is 2.42. The average Bonchev–Trinajstić information content (AvgIpc) is 2.98. The molecule has 1 saturated carbocycles. The minimum Gasteiger partial charge on any atom is -0.480 e. The predicted molar refractivity (Wildman–Crippen MR) is 60.9 cm³/mol. The smallest absolute Gasteiger partial charge is 0.323 e. The molecule has 1 fully saturated rings. The van der Waals surface area contributed by atoms with E-state index in [0.717, 1.165) is 12.8 Å². The molecule has 1 aliphatic carbocycles. The fraction of sp³-hybridized carbons (Fsp3) is 0.917. The van der Waals surface area contributed by atoms with Gasteiger partial charge in [0.15, 0.2) is 0 Å². The van der Waals surface area contributed by atoms with Crippen LogP contribution in [-0.2, 0) is 4.79 Å². The summed E-state index contributed by atoms with van der Waals surface area (Å²) in [6.07, 6.45) is 4.14. The lowest BCUT2D eigenvalue weighted by Gasteiger charge is -2.39. The normalized spacial score (nSPS) is 22.5. The Morgan fingerprint density at radius 1 is 1.60 bits per heavy atom. The Hall–Kier alpha value is -0.570. The van der Waals surface area contributed by atoms with Crippen LogP contribution in [0.25, 0.3) is 0 Å². The van der Waals surface area contributed by atoms with Crippen molar-refractivity contribution in [3.63, 3.8) is 0 Å². The topological polar surface area (TPSA) is 40.5 Å². The maximum Gasteiger partial charge on any atom is 0.323 e. The summed E-state index contributed by atoms with van der Waals surface area (Å²) in [5, 5.41) is 9.34. The van der Waals surface area contributed by atoms with E-state index in [0.29, 0.717) is 12.0 Å². The van der Waals surface area contributed by atoms with Gasteiger partial charge in [-0.15, -0.1) is 0 Å². The summed E-state index contributed by atoms with van der Waals surface area (Å²) in [5.74, 6) is 0.0184. The number of likely N-dealkylation sites (N-methyl/N-ethyl adjacent to an activating group) is 1. The molecule has 0 aromatic rings. The van der Waals surface area contributed by atoms with E-state index in [1.54, 1.807) is 0 Å². The van der Waals surface area contributed by atoms with Crippen molar-refractivity contribution in [2.24, 2.45) is 5.92 Å². The number of hydrogen-bond acceptors (Lipinski definition) is 2. The van der Waals surface area contributed by atoms with E-state index in [9.17, 15) is 9.90 Å². The van der Waals surface area contributed by atoms with Crippen molar-refractivity contribution in [1.29, 1.82) is 0 Å². The predicted octanol–water partition coefficient (Wildman–Crippen LogP) is 2.36. The Labute approximate surface area is 92.5 Å². The molecule has 2 atom stereocenters. The quantitative estimate of drug-likeness (QED) is 0.736. The van der Waals surface area contributed by atoms with E-state index < -0.39 is 11.5 Å². The molecule has 0 aromatic heterocycles. The molecule has 0 bridgehead atoms. The Morgan fingerprint density at radius 3 is 2.47 bits per heavy atom. The lowest BCUT2D eigenvalue weighted by atomic mass is 9.92. The first-order valence-corrected chi connectivity index (χ1v) is 5.89. The van der Waals surface area contributed by atoms with E-state index in [-0.39, 0.29) is 0 Å². The van der Waals surface area contributed by atoms with Gasteiger partial charge >= 0.3 is 5.97 Å². The zero-order valence-corrected chi connectivity index (χ0v) is 10.3. The molecule has 0 amide bonds. The Morgan fingerprint density at radius 2 is 2.13 bits per heavy atom. The van der Waals surface area contributed by atoms with Gasteiger partial charge in [0.05, 0.1) is 0 Å². The maximum absolute atomic E-state index is 11.4. The molecule has 2 unspecified atom stereocenters. The van der Waals surface area contributed by atoms with Crippen molar-refractivity contribution >= 4 is 5.97 Å². The SMILES string of the molecule is CCCC(C)(C(=O)O)N(C)C(C)C1CC1. The van der Waals surface area contributed by atoms with Gasteiger partial charge in [0.25, 0.3) is 0 Å². The van der Waals surface area contributed by atoms with E-state index in [2.05, 4.69) is 11.8 Å². The molecule has 0 saturated heterocycles. The summed E-state index contributed by atoms with van der Waals surface area (Å²) in [4.78, 5) is 13.4. The summed E-state index contributed by atoms with van der Waals surface area (Å²) < 4.78 is 0. The molecular weight excluding hydrogens is 190 g/mol. The van der Waals surface area contributed by atoms with Crippen molar-refractivity contribution in [3.8, 4) is 0 Å². The molecule has 88 valence electrons. The van der Waals surface area contributed by atoms with Gasteiger partial charge in [0.2, 0.25) is 0 Å². The van der Waals surface area contributed by atoms with E-state index in [4.69, 9.17) is 0 Å². The molecule has 3 heteroatoms. The van der Waals surface area contributed by atoms with Crippen LogP contribution < -0.4 is 0 Å². The highest BCUT2D eigenvalue weighted by atomic mass is 16.4. The second kappa shape index (κ2) is 4.52. The molecule has 1 rings (SSSR count). The molecule has 0 spiro atoms. The lowest BCUT2D eigenvalue weighted by molar-refractivity contribution is -0.151. The van der Waals surface area contributed by atoms with Crippen LogP contribution >= 0.6 is 0 Å². The summed E-state index contributed by atoms with van der Waals surface area (Å²) in [7, 11) is 1.95. The van der Waals surface area contributed by atoms with Crippen LogP contribution in [0.1, 0.15) is 46.5 Å². The Bertz CT molecular complexity index is 238. The summed E-state index contributed by atoms with van der Waals surface area (Å²) >= 11 is 0. The first kappa shape index (κ1) is 12.5. The second-order valence-corrected chi connectivity index (χ2v) is 5.02. The van der Waals surface area contributed by atoms with Crippen molar-refractivity contribution in [3.05, 3.63) is 0 Å². The third-order valence-electron chi connectivity index (χ3n) is 3.89. The minimum atomic E-state index is -0.698. The van der Waals surface area contributed by atoms with Gasteiger partial charge in [-0.2, -0.15) is 0 Å². The monoisotopic (exact) mass is 213 g/mol. The summed E-state index contributed by atoms with van der Waals surface area (Å²) in [5.41, 5.74) is -0.698. The fourth-order valence-corrected chi connectivity index (χ4v) is 2.27. The lowest BCUT2D eigenvalue weighted by Crippen LogP contribution is -2.54. The van der Waals surface area contributed by atoms with Crippen LogP contribution in [0.2, 0.25) is 0 Å². The largest absolute Gasteiger partial charge is 0.480 e. The van der Waals surface area contributed by atoms with Crippen molar-refractivity contribution in [2.45, 2.75) is 58.0 Å². The molecule has 1 N–H and O–H groups in total. The molecule has 0 aromatic carbocycles. The number of carboxylic acid groups (broad SMARTS) is 1. The van der Waals surface area contributed by atoms with Gasteiger partial charge in [-0.3, -0.25) is 9.69 Å². The Balaban J connectivity index is 2.73. The molecular formula is C12H23NO2. The van der Waals surface area contributed by atoms with E-state index in [1.807, 2.05) is 20.9 Å². The number of carbonyl (C=O) groups is 1. The maximum atomic E-state index is 11.4. The van der Waals surface area contributed by atoms with Crippen LogP contribution in [0.15, 0.2) is 0 Å². The Kier molecular flexibility index (Phi) is 3.77. The third kappa shape index (κ3) is 2.51. The standard InChI is InChI=1S/C12H23NO2/c1-5-8-12(3,11(14)15)13(4)9(2)10-6-7-10/h9-10H,5-8H2,1-4H3,(H,14,15). The second-order valence-electron chi connectivity index (χ2n) is 5.02. The first-order chi connectivity index (χ1) is 6.93. The molecule has 3 nitrogen and oxygen atoms in total. The molecule has 1 aliphatic rings. The van der Waals surface area contributed by atoms with E-state index in [1.165, 1.54) is 12.8 Å². The van der Waals surface area contributed by atoms with Crippen molar-refractivity contribution in [2.75, 3.05) is 7.05 Å². The van der Waals surface area contributed by atoms with Gasteiger partial charge < -0.3 is 5.11 Å². The van der Waals surface area contributed by atoms with Gasteiger partial charge in [-0.25, -0.2) is 0 Å². The average molecular weight is 213 g/mol. The van der Waals surface area contributed by atoms with E-state index >= 15 is 0 Å². The van der Waals surface area contributed by atoms with Crippen LogP contribution in [0.4, 0.5) is 0 Å². The third-order valence-corrected chi connectivity index (χ3v) is 3.89. The number of hydrogen-bond donors (Lipinski definition) is 1. The van der Waals surface area contributed by atoms with Crippen LogP contribution in [-0.4, -0.2) is 34.6 Å². The summed E-state index contributed by atoms with van der Waals surface area (Å²) in [6, 6.07) is 0.387. The van der Waals surface area contributed by atoms with Crippen LogP contribution in [0.5, 0.6) is 0 Å². The van der Waals surface area contributed by atoms with Gasteiger partial charge in [0.1, 0.15) is 5.54 Å². The molecule has 0 radical (unpaired) electrons. The number of nitrogens with zero attached hydrogens (tertiary/aromatic N) is 1. The van der Waals surface area contributed by atoms with Gasteiger partial charge in [0, 0.05) is 6.04 Å².